The highest BCUT2D eigenvalue weighted by Gasteiger charge is 2.15. The van der Waals surface area contributed by atoms with E-state index in [9.17, 15) is 4.79 Å². The predicted molar refractivity (Wildman–Crippen MR) is 77.9 cm³/mol. The van der Waals surface area contributed by atoms with Gasteiger partial charge in [0.05, 0.1) is 25.5 Å². The molecule has 1 saturated carbocycles. The number of amides is 1. The van der Waals surface area contributed by atoms with E-state index in [4.69, 9.17) is 15.2 Å². The number of methoxy groups -OCH3 is 1. The van der Waals surface area contributed by atoms with Gasteiger partial charge >= 0.3 is 0 Å². The van der Waals surface area contributed by atoms with Crippen LogP contribution in [-0.2, 0) is 4.74 Å². The molecule has 1 fully saturated rings. The molecule has 2 rings (SSSR count). The first-order valence-electron chi connectivity index (χ1n) is 7.04. The zero-order chi connectivity index (χ0) is 14.4. The van der Waals surface area contributed by atoms with Crippen LogP contribution in [0, 0.1) is 0 Å². The van der Waals surface area contributed by atoms with Crippen molar-refractivity contribution >= 4 is 11.6 Å². The first kappa shape index (κ1) is 14.7. The Balaban J connectivity index is 1.76. The first-order valence-corrected chi connectivity index (χ1v) is 7.04. The largest absolute Gasteiger partial charge is 0.495 e. The maximum atomic E-state index is 12.0. The van der Waals surface area contributed by atoms with Crippen LogP contribution in [0.25, 0.3) is 0 Å². The number of carbonyl (C=O) groups is 1. The highest BCUT2D eigenvalue weighted by atomic mass is 16.5. The summed E-state index contributed by atoms with van der Waals surface area (Å²) >= 11 is 0. The zero-order valence-electron chi connectivity index (χ0n) is 11.9. The monoisotopic (exact) mass is 278 g/mol. The number of ether oxygens (including phenoxy) is 2. The molecule has 0 radical (unpaired) electrons. The lowest BCUT2D eigenvalue weighted by Crippen LogP contribution is -2.28. The van der Waals surface area contributed by atoms with E-state index >= 15 is 0 Å². The van der Waals surface area contributed by atoms with Gasteiger partial charge in [0, 0.05) is 12.1 Å². The van der Waals surface area contributed by atoms with Crippen LogP contribution in [0.3, 0.4) is 0 Å². The Morgan fingerprint density at radius 2 is 2.15 bits per heavy atom. The molecule has 5 nitrogen and oxygen atoms in total. The Morgan fingerprint density at radius 3 is 2.85 bits per heavy atom. The van der Waals surface area contributed by atoms with Gasteiger partial charge in [-0.3, -0.25) is 4.79 Å². The molecule has 0 atom stereocenters. The summed E-state index contributed by atoms with van der Waals surface area (Å²) in [7, 11) is 1.53. The predicted octanol–water partition coefficient (Wildman–Crippen LogP) is 1.97. The highest BCUT2D eigenvalue weighted by molar-refractivity contribution is 5.95. The Labute approximate surface area is 119 Å². The van der Waals surface area contributed by atoms with E-state index in [0.717, 1.165) is 12.8 Å². The van der Waals surface area contributed by atoms with Crippen molar-refractivity contribution in [2.45, 2.75) is 31.8 Å². The molecule has 0 bridgehead atoms. The average Bonchev–Trinajstić information content (AvgIpc) is 2.97. The van der Waals surface area contributed by atoms with Crippen LogP contribution < -0.4 is 15.8 Å². The van der Waals surface area contributed by atoms with Crippen LogP contribution >= 0.6 is 0 Å². The lowest BCUT2D eigenvalue weighted by molar-refractivity contribution is 0.0582. The molecule has 0 aromatic heterocycles. The Morgan fingerprint density at radius 1 is 1.40 bits per heavy atom. The molecule has 1 aromatic rings. The molecule has 0 unspecified atom stereocenters. The van der Waals surface area contributed by atoms with Crippen LogP contribution in [0.2, 0.25) is 0 Å². The summed E-state index contributed by atoms with van der Waals surface area (Å²) in [6.45, 7) is 1.07. The average molecular weight is 278 g/mol. The topological polar surface area (TPSA) is 73.6 Å². The number of nitrogen functional groups attached to an aromatic ring is 1. The molecular weight excluding hydrogens is 256 g/mol. The van der Waals surface area contributed by atoms with Gasteiger partial charge in [-0.15, -0.1) is 0 Å². The number of hydrogen-bond donors (Lipinski definition) is 2. The number of hydrogen-bond acceptors (Lipinski definition) is 4. The third kappa shape index (κ3) is 3.87. The van der Waals surface area contributed by atoms with E-state index < -0.39 is 0 Å². The molecule has 3 N–H and O–H groups in total. The van der Waals surface area contributed by atoms with E-state index in [-0.39, 0.29) is 5.91 Å². The standard InChI is InChI=1S/C15H22N2O3/c1-19-14-10-11(6-7-13(14)16)15(18)17-8-9-20-12-4-2-3-5-12/h6-7,10,12H,2-5,8-9,16H2,1H3,(H,17,18). The van der Waals surface area contributed by atoms with Crippen molar-refractivity contribution in [1.82, 2.24) is 5.32 Å². The summed E-state index contributed by atoms with van der Waals surface area (Å²) in [6, 6.07) is 5.00. The summed E-state index contributed by atoms with van der Waals surface area (Å²) in [4.78, 5) is 12.0. The molecule has 1 aromatic carbocycles. The molecule has 110 valence electrons. The molecule has 1 aliphatic rings. The van der Waals surface area contributed by atoms with Crippen molar-refractivity contribution in [2.75, 3.05) is 26.0 Å². The van der Waals surface area contributed by atoms with Crippen molar-refractivity contribution in [3.63, 3.8) is 0 Å². The van der Waals surface area contributed by atoms with Crippen molar-refractivity contribution < 1.29 is 14.3 Å². The van der Waals surface area contributed by atoms with E-state index in [0.29, 0.717) is 36.3 Å². The highest BCUT2D eigenvalue weighted by Crippen LogP contribution is 2.22. The van der Waals surface area contributed by atoms with Gasteiger partial charge in [0.15, 0.2) is 0 Å². The molecule has 0 saturated heterocycles. The minimum Gasteiger partial charge on any atom is -0.495 e. The van der Waals surface area contributed by atoms with Gasteiger partial charge in [-0.05, 0) is 31.0 Å². The second-order valence-electron chi connectivity index (χ2n) is 4.99. The number of rotatable bonds is 6. The van der Waals surface area contributed by atoms with Crippen LogP contribution in [0.5, 0.6) is 5.75 Å². The van der Waals surface area contributed by atoms with Gasteiger partial charge in [0.2, 0.25) is 0 Å². The SMILES string of the molecule is COc1cc(C(=O)NCCOC2CCCC2)ccc1N. The van der Waals surface area contributed by atoms with Crippen molar-refractivity contribution in [2.24, 2.45) is 0 Å². The molecule has 0 heterocycles. The summed E-state index contributed by atoms with van der Waals surface area (Å²) < 4.78 is 10.8. The molecule has 1 aliphatic carbocycles. The molecular formula is C15H22N2O3. The fraction of sp³-hybridized carbons (Fsp3) is 0.533. The van der Waals surface area contributed by atoms with Crippen LogP contribution in [0.15, 0.2) is 18.2 Å². The van der Waals surface area contributed by atoms with Gasteiger partial charge in [0.1, 0.15) is 5.75 Å². The fourth-order valence-corrected chi connectivity index (χ4v) is 2.40. The minimum absolute atomic E-state index is 0.140. The number of benzene rings is 1. The van der Waals surface area contributed by atoms with E-state index in [1.54, 1.807) is 18.2 Å². The maximum absolute atomic E-state index is 12.0. The molecule has 20 heavy (non-hydrogen) atoms. The first-order chi connectivity index (χ1) is 9.70. The Bertz CT molecular complexity index is 456. The van der Waals surface area contributed by atoms with Crippen LogP contribution in [0.1, 0.15) is 36.0 Å². The Hall–Kier alpha value is -1.75. The lowest BCUT2D eigenvalue weighted by Gasteiger charge is -2.12. The van der Waals surface area contributed by atoms with Crippen molar-refractivity contribution in [1.29, 1.82) is 0 Å². The minimum atomic E-state index is -0.140. The van der Waals surface area contributed by atoms with Crippen LogP contribution in [-0.4, -0.2) is 32.3 Å². The zero-order valence-corrected chi connectivity index (χ0v) is 11.9. The number of carbonyl (C=O) groups excluding carboxylic acids is 1. The van der Waals surface area contributed by atoms with E-state index in [2.05, 4.69) is 5.32 Å². The second-order valence-corrected chi connectivity index (χ2v) is 4.99. The number of nitrogens with two attached hydrogens (primary N) is 1. The summed E-state index contributed by atoms with van der Waals surface area (Å²) in [5, 5.41) is 2.83. The van der Waals surface area contributed by atoms with Gasteiger partial charge in [-0.25, -0.2) is 0 Å². The van der Waals surface area contributed by atoms with Gasteiger partial charge in [-0.1, -0.05) is 12.8 Å². The summed E-state index contributed by atoms with van der Waals surface area (Å²) in [6.07, 6.45) is 5.17. The van der Waals surface area contributed by atoms with Gasteiger partial charge in [-0.2, -0.15) is 0 Å². The number of anilines is 1. The Kier molecular flexibility index (Phi) is 5.24. The quantitative estimate of drug-likeness (QED) is 0.616. The van der Waals surface area contributed by atoms with Gasteiger partial charge < -0.3 is 20.5 Å². The van der Waals surface area contributed by atoms with E-state index in [1.165, 1.54) is 20.0 Å². The van der Waals surface area contributed by atoms with Gasteiger partial charge in [0.25, 0.3) is 5.91 Å². The molecule has 1 amide bonds. The molecule has 0 aliphatic heterocycles. The third-order valence-corrected chi connectivity index (χ3v) is 3.54. The van der Waals surface area contributed by atoms with Crippen molar-refractivity contribution in [3.8, 4) is 5.75 Å². The summed E-state index contributed by atoms with van der Waals surface area (Å²) in [5.74, 6) is 0.373. The lowest BCUT2D eigenvalue weighted by atomic mass is 10.2. The number of nitrogens with one attached hydrogen (secondary N) is 1. The van der Waals surface area contributed by atoms with Crippen LogP contribution in [0.4, 0.5) is 5.69 Å². The fourth-order valence-electron chi connectivity index (χ4n) is 2.40. The molecule has 5 heteroatoms. The maximum Gasteiger partial charge on any atom is 0.251 e. The summed E-state index contributed by atoms with van der Waals surface area (Å²) in [5.41, 5.74) is 6.78. The second kappa shape index (κ2) is 7.14. The smallest absolute Gasteiger partial charge is 0.251 e. The molecule has 0 spiro atoms. The third-order valence-electron chi connectivity index (χ3n) is 3.54. The van der Waals surface area contributed by atoms with Crippen molar-refractivity contribution in [3.05, 3.63) is 23.8 Å². The van der Waals surface area contributed by atoms with E-state index in [1.807, 2.05) is 0 Å². The normalized spacial score (nSPS) is 15.2.